The van der Waals surface area contributed by atoms with Crippen LogP contribution in [0, 0.1) is 6.92 Å². The van der Waals surface area contributed by atoms with Crippen LogP contribution in [0.25, 0.3) is 0 Å². The van der Waals surface area contributed by atoms with E-state index in [4.69, 9.17) is 4.74 Å². The summed E-state index contributed by atoms with van der Waals surface area (Å²) in [7, 11) is 0. The van der Waals surface area contributed by atoms with Gasteiger partial charge in [0.05, 0.1) is 6.61 Å². The lowest BCUT2D eigenvalue weighted by Crippen LogP contribution is -2.19. The molecule has 0 saturated heterocycles. The van der Waals surface area contributed by atoms with Gasteiger partial charge in [-0.05, 0) is 31.9 Å². The Morgan fingerprint density at radius 1 is 1.04 bits per heavy atom. The predicted octanol–water partition coefficient (Wildman–Crippen LogP) is 5.41. The molecule has 2 rings (SSSR count). The number of unbranched alkanes of at least 4 members (excludes halogenated alkanes) is 2. The third-order valence-electron chi connectivity index (χ3n) is 4.09. The summed E-state index contributed by atoms with van der Waals surface area (Å²) in [4.78, 5) is 0. The summed E-state index contributed by atoms with van der Waals surface area (Å²) in [5.74, 6) is 1.01. The van der Waals surface area contributed by atoms with Gasteiger partial charge in [-0.15, -0.1) is 0 Å². The van der Waals surface area contributed by atoms with Gasteiger partial charge in [0.2, 0.25) is 0 Å². The van der Waals surface area contributed by atoms with Crippen LogP contribution in [0.3, 0.4) is 0 Å². The second kappa shape index (κ2) is 9.36. The summed E-state index contributed by atoms with van der Waals surface area (Å²) < 4.78 is 5.99. The average molecular weight is 311 g/mol. The first-order chi connectivity index (χ1) is 11.2. The zero-order valence-electron chi connectivity index (χ0n) is 14.6. The molecule has 124 valence electrons. The number of rotatable bonds is 9. The summed E-state index contributed by atoms with van der Waals surface area (Å²) in [5, 5.41) is 3.60. The van der Waals surface area contributed by atoms with Crippen LogP contribution in [0.15, 0.2) is 48.5 Å². The Bertz CT molecular complexity index is 594. The van der Waals surface area contributed by atoms with Crippen LogP contribution < -0.4 is 10.1 Å². The number of benzene rings is 2. The van der Waals surface area contributed by atoms with E-state index >= 15 is 0 Å². The maximum atomic E-state index is 5.99. The van der Waals surface area contributed by atoms with Gasteiger partial charge >= 0.3 is 0 Å². The molecule has 0 fully saturated rings. The van der Waals surface area contributed by atoms with Crippen molar-refractivity contribution in [3.63, 3.8) is 0 Å². The third-order valence-corrected chi connectivity index (χ3v) is 4.09. The van der Waals surface area contributed by atoms with Crippen molar-refractivity contribution in [3.05, 3.63) is 65.2 Å². The molecule has 2 aromatic carbocycles. The van der Waals surface area contributed by atoms with Crippen molar-refractivity contribution in [1.82, 2.24) is 5.32 Å². The van der Waals surface area contributed by atoms with E-state index in [1.807, 2.05) is 6.07 Å². The van der Waals surface area contributed by atoms with Gasteiger partial charge in [0.15, 0.2) is 0 Å². The van der Waals surface area contributed by atoms with Gasteiger partial charge in [-0.25, -0.2) is 0 Å². The molecule has 1 N–H and O–H groups in total. The van der Waals surface area contributed by atoms with Crippen LogP contribution in [0.1, 0.15) is 55.8 Å². The van der Waals surface area contributed by atoms with Crippen molar-refractivity contribution < 1.29 is 4.74 Å². The first-order valence-electron chi connectivity index (χ1n) is 8.71. The van der Waals surface area contributed by atoms with E-state index in [9.17, 15) is 0 Å². The Morgan fingerprint density at radius 3 is 2.65 bits per heavy atom. The molecule has 0 radical (unpaired) electrons. The van der Waals surface area contributed by atoms with E-state index in [-0.39, 0.29) is 6.04 Å². The van der Waals surface area contributed by atoms with Crippen LogP contribution >= 0.6 is 0 Å². The highest BCUT2D eigenvalue weighted by Gasteiger charge is 2.10. The van der Waals surface area contributed by atoms with Gasteiger partial charge < -0.3 is 10.1 Å². The number of hydrogen-bond acceptors (Lipinski definition) is 2. The summed E-state index contributed by atoms with van der Waals surface area (Å²) in [6.07, 6.45) is 3.57. The molecule has 0 aliphatic heterocycles. The van der Waals surface area contributed by atoms with Crippen LogP contribution in [0.5, 0.6) is 5.75 Å². The number of aryl methyl sites for hydroxylation is 1. The molecule has 0 heterocycles. The molecule has 0 spiro atoms. The number of para-hydroxylation sites is 1. The quantitative estimate of drug-likeness (QED) is 0.625. The molecule has 0 saturated carbocycles. The molecule has 2 heteroatoms. The number of hydrogen-bond donors (Lipinski definition) is 1. The highest BCUT2D eigenvalue weighted by Crippen LogP contribution is 2.25. The molecule has 23 heavy (non-hydrogen) atoms. The van der Waals surface area contributed by atoms with Crippen molar-refractivity contribution in [3.8, 4) is 5.75 Å². The first-order valence-corrected chi connectivity index (χ1v) is 8.71. The number of nitrogens with one attached hydrogen (secondary N) is 1. The molecular formula is C21H29NO. The topological polar surface area (TPSA) is 21.3 Å². The molecule has 1 unspecified atom stereocenters. The van der Waals surface area contributed by atoms with Gasteiger partial charge in [-0.1, -0.05) is 67.8 Å². The summed E-state index contributed by atoms with van der Waals surface area (Å²) in [6.45, 7) is 8.21. The van der Waals surface area contributed by atoms with Crippen molar-refractivity contribution >= 4 is 0 Å². The second-order valence-electron chi connectivity index (χ2n) is 6.19. The highest BCUT2D eigenvalue weighted by atomic mass is 16.5. The monoisotopic (exact) mass is 311 g/mol. The summed E-state index contributed by atoms with van der Waals surface area (Å²) in [6, 6.07) is 17.3. The van der Waals surface area contributed by atoms with Gasteiger partial charge in [0.1, 0.15) is 5.75 Å². The predicted molar refractivity (Wildman–Crippen MR) is 97.9 cm³/mol. The SMILES string of the molecule is CCCCCOc1ccccc1C(C)NCc1cccc(C)c1. The van der Waals surface area contributed by atoms with Crippen LogP contribution in [-0.2, 0) is 6.54 Å². The fourth-order valence-electron chi connectivity index (χ4n) is 2.71. The van der Waals surface area contributed by atoms with Gasteiger partial charge in [-0.2, -0.15) is 0 Å². The fourth-order valence-corrected chi connectivity index (χ4v) is 2.71. The largest absolute Gasteiger partial charge is 0.493 e. The molecule has 0 aromatic heterocycles. The Kier molecular flexibility index (Phi) is 7.15. The molecule has 2 aromatic rings. The van der Waals surface area contributed by atoms with E-state index in [0.717, 1.165) is 25.3 Å². The summed E-state index contributed by atoms with van der Waals surface area (Å²) >= 11 is 0. The molecule has 0 aliphatic carbocycles. The number of ether oxygens (including phenoxy) is 1. The van der Waals surface area contributed by atoms with E-state index in [1.165, 1.54) is 29.5 Å². The van der Waals surface area contributed by atoms with Gasteiger partial charge in [0, 0.05) is 18.2 Å². The maximum Gasteiger partial charge on any atom is 0.124 e. The molecule has 0 amide bonds. The molecular weight excluding hydrogens is 282 g/mol. The Morgan fingerprint density at radius 2 is 1.87 bits per heavy atom. The lowest BCUT2D eigenvalue weighted by molar-refractivity contribution is 0.300. The minimum atomic E-state index is 0.262. The molecule has 0 bridgehead atoms. The fraction of sp³-hybridized carbons (Fsp3) is 0.429. The average Bonchev–Trinajstić information content (AvgIpc) is 2.57. The zero-order chi connectivity index (χ0) is 16.5. The molecule has 2 nitrogen and oxygen atoms in total. The van der Waals surface area contributed by atoms with Crippen LogP contribution in [-0.4, -0.2) is 6.61 Å². The highest BCUT2D eigenvalue weighted by molar-refractivity contribution is 5.35. The Hall–Kier alpha value is -1.80. The minimum Gasteiger partial charge on any atom is -0.493 e. The van der Waals surface area contributed by atoms with Gasteiger partial charge in [-0.3, -0.25) is 0 Å². The lowest BCUT2D eigenvalue weighted by atomic mass is 10.1. The van der Waals surface area contributed by atoms with Crippen LogP contribution in [0.2, 0.25) is 0 Å². The van der Waals surface area contributed by atoms with Crippen molar-refractivity contribution in [2.45, 2.75) is 52.6 Å². The smallest absolute Gasteiger partial charge is 0.124 e. The zero-order valence-corrected chi connectivity index (χ0v) is 14.6. The van der Waals surface area contributed by atoms with E-state index in [1.54, 1.807) is 0 Å². The van der Waals surface area contributed by atoms with Crippen molar-refractivity contribution in [2.75, 3.05) is 6.61 Å². The standard InChI is InChI=1S/C21H29NO/c1-4-5-8-14-23-21-13-7-6-12-20(21)18(3)22-16-19-11-9-10-17(2)15-19/h6-7,9-13,15,18,22H,4-5,8,14,16H2,1-3H3. The van der Waals surface area contributed by atoms with Crippen molar-refractivity contribution in [1.29, 1.82) is 0 Å². The molecule has 1 atom stereocenters. The first kappa shape index (κ1) is 17.6. The maximum absolute atomic E-state index is 5.99. The van der Waals surface area contributed by atoms with Crippen LogP contribution in [0.4, 0.5) is 0 Å². The van der Waals surface area contributed by atoms with Crippen molar-refractivity contribution in [2.24, 2.45) is 0 Å². The van der Waals surface area contributed by atoms with E-state index in [0.29, 0.717) is 0 Å². The Labute approximate surface area is 140 Å². The lowest BCUT2D eigenvalue weighted by Gasteiger charge is -2.18. The normalized spacial score (nSPS) is 12.1. The van der Waals surface area contributed by atoms with E-state index in [2.05, 4.69) is 68.6 Å². The van der Waals surface area contributed by atoms with Gasteiger partial charge in [0.25, 0.3) is 0 Å². The third kappa shape index (κ3) is 5.72. The van der Waals surface area contributed by atoms with E-state index < -0.39 is 0 Å². The Balaban J connectivity index is 1.94. The second-order valence-corrected chi connectivity index (χ2v) is 6.19. The molecule has 0 aliphatic rings. The summed E-state index contributed by atoms with van der Waals surface area (Å²) in [5.41, 5.74) is 3.85. The minimum absolute atomic E-state index is 0.262.